The quantitative estimate of drug-likeness (QED) is 0.557. The summed E-state index contributed by atoms with van der Waals surface area (Å²) in [4.78, 5) is 26.0. The predicted octanol–water partition coefficient (Wildman–Crippen LogP) is 1.57. The molecule has 0 bridgehead atoms. The summed E-state index contributed by atoms with van der Waals surface area (Å²) >= 11 is 0. The number of hydrogen-bond donors (Lipinski definition) is 1. The summed E-state index contributed by atoms with van der Waals surface area (Å²) in [7, 11) is -1.81. The summed E-state index contributed by atoms with van der Waals surface area (Å²) in [5.74, 6) is -0.205. The summed E-state index contributed by atoms with van der Waals surface area (Å²) in [6.07, 6.45) is 1.51. The summed E-state index contributed by atoms with van der Waals surface area (Å²) < 4.78 is 31.0. The molecule has 2 rings (SSSR count). The zero-order valence-electron chi connectivity index (χ0n) is 14.9. The van der Waals surface area contributed by atoms with E-state index >= 15 is 0 Å². The number of nitrogens with one attached hydrogen (secondary N) is 1. The Morgan fingerprint density at radius 1 is 1.33 bits per heavy atom. The molecule has 0 saturated carbocycles. The zero-order valence-corrected chi connectivity index (χ0v) is 15.7. The van der Waals surface area contributed by atoms with Crippen LogP contribution in [-0.4, -0.2) is 49.2 Å². The van der Waals surface area contributed by atoms with Crippen molar-refractivity contribution in [3.63, 3.8) is 0 Å². The fraction of sp³-hybridized carbons (Fsp3) is 0.250. The fourth-order valence-electron chi connectivity index (χ4n) is 2.23. The monoisotopic (exact) mass is 394 g/mol. The highest BCUT2D eigenvalue weighted by atomic mass is 32.2. The second kappa shape index (κ2) is 8.10. The Kier molecular flexibility index (Phi) is 6.08. The van der Waals surface area contributed by atoms with Crippen LogP contribution in [0.25, 0.3) is 0 Å². The van der Waals surface area contributed by atoms with Crippen molar-refractivity contribution in [2.24, 2.45) is 0 Å². The molecule has 0 aliphatic rings. The average Bonchev–Trinajstić information content (AvgIpc) is 2.60. The number of methoxy groups -OCH3 is 1. The Balaban J connectivity index is 2.23. The van der Waals surface area contributed by atoms with Gasteiger partial charge in [0, 0.05) is 13.2 Å². The number of aromatic nitrogens is 1. The van der Waals surface area contributed by atoms with E-state index < -0.39 is 38.0 Å². The Labute approximate surface area is 156 Å². The van der Waals surface area contributed by atoms with Crippen LogP contribution in [0, 0.1) is 17.0 Å². The van der Waals surface area contributed by atoms with E-state index in [0.29, 0.717) is 0 Å². The smallest absolute Gasteiger partial charge is 0.293 e. The second-order valence-electron chi connectivity index (χ2n) is 5.62. The number of sulfonamides is 1. The summed E-state index contributed by atoms with van der Waals surface area (Å²) in [5, 5.41) is 13.7. The van der Waals surface area contributed by atoms with Crippen LogP contribution in [0.3, 0.4) is 0 Å². The molecule has 2 aromatic rings. The molecule has 0 saturated heterocycles. The third-order valence-electron chi connectivity index (χ3n) is 3.60. The first-order valence-corrected chi connectivity index (χ1v) is 9.10. The van der Waals surface area contributed by atoms with E-state index in [2.05, 4.69) is 10.3 Å². The van der Waals surface area contributed by atoms with E-state index in [1.54, 1.807) is 12.1 Å². The number of nitrogens with zero attached hydrogens (tertiary/aromatic N) is 3. The van der Waals surface area contributed by atoms with E-state index in [-0.39, 0.29) is 11.6 Å². The first-order chi connectivity index (χ1) is 12.6. The maximum atomic E-state index is 12.7. The van der Waals surface area contributed by atoms with Crippen molar-refractivity contribution in [3.05, 3.63) is 52.2 Å². The van der Waals surface area contributed by atoms with Gasteiger partial charge in [0.2, 0.25) is 15.9 Å². The van der Waals surface area contributed by atoms with Crippen LogP contribution in [0.4, 0.5) is 11.5 Å². The van der Waals surface area contributed by atoms with Crippen LogP contribution in [0.2, 0.25) is 0 Å². The van der Waals surface area contributed by atoms with E-state index in [9.17, 15) is 23.3 Å². The van der Waals surface area contributed by atoms with Crippen molar-refractivity contribution in [1.29, 1.82) is 0 Å². The maximum absolute atomic E-state index is 12.7. The van der Waals surface area contributed by atoms with E-state index in [1.165, 1.54) is 19.4 Å². The Morgan fingerprint density at radius 3 is 2.63 bits per heavy atom. The third kappa shape index (κ3) is 4.77. The largest absolute Gasteiger partial charge is 0.497 e. The van der Waals surface area contributed by atoms with Gasteiger partial charge in [-0.2, -0.15) is 4.31 Å². The van der Waals surface area contributed by atoms with Crippen LogP contribution in [-0.2, 0) is 14.8 Å². The van der Waals surface area contributed by atoms with Gasteiger partial charge in [-0.25, -0.2) is 13.4 Å². The molecule has 0 aliphatic heterocycles. The molecule has 144 valence electrons. The number of hydrogen-bond acceptors (Lipinski definition) is 7. The Morgan fingerprint density at radius 2 is 2.04 bits per heavy atom. The molecule has 0 atom stereocenters. The Bertz CT molecular complexity index is 977. The van der Waals surface area contributed by atoms with Gasteiger partial charge in [0.05, 0.1) is 24.6 Å². The van der Waals surface area contributed by atoms with Crippen LogP contribution in [0.15, 0.2) is 41.4 Å². The normalized spacial score (nSPS) is 11.3. The molecule has 0 aliphatic carbocycles. The molecular weight excluding hydrogens is 376 g/mol. The number of likely N-dealkylation sites (N-methyl/N-ethyl adjacent to an activating group) is 1. The van der Waals surface area contributed by atoms with Gasteiger partial charge < -0.3 is 10.1 Å². The number of anilines is 1. The van der Waals surface area contributed by atoms with Gasteiger partial charge in [0.15, 0.2) is 4.90 Å². The van der Waals surface area contributed by atoms with Crippen LogP contribution in [0.5, 0.6) is 5.75 Å². The molecule has 0 spiro atoms. The van der Waals surface area contributed by atoms with Crippen LogP contribution >= 0.6 is 0 Å². The number of ether oxygens (including phenoxy) is 1. The van der Waals surface area contributed by atoms with E-state index in [4.69, 9.17) is 4.74 Å². The molecule has 1 aromatic carbocycles. The standard InChI is InChI=1S/C16H18N4O6S/c1-11-6-7-17-15(8-11)18-16(21)10-19(2)27(24,25)14-5-4-12(26-3)9-13(14)20(22)23/h4-9H,10H2,1-3H3,(H,17,18,21). The fourth-order valence-corrected chi connectivity index (χ4v) is 3.49. The molecule has 27 heavy (non-hydrogen) atoms. The minimum absolute atomic E-state index is 0.145. The number of benzene rings is 1. The van der Waals surface area contributed by atoms with Crippen LogP contribution in [0.1, 0.15) is 5.56 Å². The van der Waals surface area contributed by atoms with Gasteiger partial charge in [0.25, 0.3) is 5.69 Å². The minimum Gasteiger partial charge on any atom is -0.497 e. The lowest BCUT2D eigenvalue weighted by atomic mass is 10.3. The predicted molar refractivity (Wildman–Crippen MR) is 97.1 cm³/mol. The van der Waals surface area contributed by atoms with Gasteiger partial charge >= 0.3 is 0 Å². The number of pyridine rings is 1. The zero-order chi connectivity index (χ0) is 20.2. The number of aryl methyl sites for hydroxylation is 1. The van der Waals surface area contributed by atoms with E-state index in [0.717, 1.165) is 29.0 Å². The first kappa shape index (κ1) is 20.3. The minimum atomic E-state index is -4.28. The topological polar surface area (TPSA) is 132 Å². The summed E-state index contributed by atoms with van der Waals surface area (Å²) in [6.45, 7) is 1.28. The van der Waals surface area contributed by atoms with Gasteiger partial charge in [0.1, 0.15) is 11.6 Å². The molecule has 1 heterocycles. The SMILES string of the molecule is COc1ccc(S(=O)(=O)N(C)CC(=O)Nc2cc(C)ccn2)c([N+](=O)[O-])c1. The number of rotatable bonds is 7. The van der Waals surface area contributed by atoms with Crippen molar-refractivity contribution in [2.45, 2.75) is 11.8 Å². The van der Waals surface area contributed by atoms with E-state index in [1.807, 2.05) is 6.92 Å². The molecule has 1 amide bonds. The maximum Gasteiger partial charge on any atom is 0.293 e. The van der Waals surface area contributed by atoms with Crippen LogP contribution < -0.4 is 10.1 Å². The second-order valence-corrected chi connectivity index (χ2v) is 7.63. The number of nitro benzene ring substituents is 1. The molecule has 0 unspecified atom stereocenters. The lowest BCUT2D eigenvalue weighted by Gasteiger charge is -2.17. The van der Waals surface area contributed by atoms with Gasteiger partial charge in [-0.15, -0.1) is 0 Å². The number of amides is 1. The van der Waals surface area contributed by atoms with Crippen molar-refractivity contribution >= 4 is 27.4 Å². The van der Waals surface area contributed by atoms with Crippen molar-refractivity contribution < 1.29 is 22.9 Å². The van der Waals surface area contributed by atoms with Crippen molar-refractivity contribution in [3.8, 4) is 5.75 Å². The number of nitro groups is 1. The molecular formula is C16H18N4O6S. The van der Waals surface area contributed by atoms with Crippen molar-refractivity contribution in [1.82, 2.24) is 9.29 Å². The molecule has 10 nitrogen and oxygen atoms in total. The third-order valence-corrected chi connectivity index (χ3v) is 5.45. The highest BCUT2D eigenvalue weighted by Crippen LogP contribution is 2.30. The average molecular weight is 394 g/mol. The lowest BCUT2D eigenvalue weighted by Crippen LogP contribution is -2.35. The molecule has 1 N–H and O–H groups in total. The van der Waals surface area contributed by atoms with Gasteiger partial charge in [-0.1, -0.05) is 0 Å². The highest BCUT2D eigenvalue weighted by Gasteiger charge is 2.31. The summed E-state index contributed by atoms with van der Waals surface area (Å²) in [6, 6.07) is 6.75. The van der Waals surface area contributed by atoms with Crippen molar-refractivity contribution in [2.75, 3.05) is 26.0 Å². The molecule has 0 radical (unpaired) electrons. The number of carbonyl (C=O) groups is 1. The molecule has 11 heteroatoms. The summed E-state index contributed by atoms with van der Waals surface area (Å²) in [5.41, 5.74) is 0.233. The number of carbonyl (C=O) groups excluding carboxylic acids is 1. The van der Waals surface area contributed by atoms with Gasteiger partial charge in [-0.3, -0.25) is 14.9 Å². The van der Waals surface area contributed by atoms with Gasteiger partial charge in [-0.05, 0) is 36.8 Å². The Hall–Kier alpha value is -3.05. The first-order valence-electron chi connectivity index (χ1n) is 7.66. The molecule has 0 fully saturated rings. The molecule has 1 aromatic heterocycles. The lowest BCUT2D eigenvalue weighted by molar-refractivity contribution is -0.387. The highest BCUT2D eigenvalue weighted by molar-refractivity contribution is 7.89.